The van der Waals surface area contributed by atoms with Gasteiger partial charge in [-0.2, -0.15) is 5.10 Å². The SMILES string of the molecule is CCC(C)n1ccc(CC(=O)Cc2ccc(Cl)cc2)n1. The predicted molar refractivity (Wildman–Crippen MR) is 81.1 cm³/mol. The maximum absolute atomic E-state index is 12.0. The summed E-state index contributed by atoms with van der Waals surface area (Å²) < 4.78 is 1.92. The standard InChI is InChI=1S/C16H19ClN2O/c1-3-12(2)19-9-8-15(18-19)11-16(20)10-13-4-6-14(17)7-5-13/h4-9,12H,3,10-11H2,1-2H3. The summed E-state index contributed by atoms with van der Waals surface area (Å²) in [6, 6.07) is 9.68. The minimum absolute atomic E-state index is 0.168. The van der Waals surface area contributed by atoms with Crippen LogP contribution in [-0.4, -0.2) is 15.6 Å². The molecule has 106 valence electrons. The molecular weight excluding hydrogens is 272 g/mol. The molecule has 0 radical (unpaired) electrons. The molecule has 0 N–H and O–H groups in total. The average molecular weight is 291 g/mol. The Balaban J connectivity index is 1.94. The predicted octanol–water partition coefficient (Wildman–Crippen LogP) is 3.86. The smallest absolute Gasteiger partial charge is 0.143 e. The molecule has 3 nitrogen and oxygen atoms in total. The van der Waals surface area contributed by atoms with Crippen LogP contribution >= 0.6 is 11.6 Å². The molecule has 4 heteroatoms. The molecule has 0 spiro atoms. The Bertz CT molecular complexity index is 574. The highest BCUT2D eigenvalue weighted by atomic mass is 35.5. The van der Waals surface area contributed by atoms with Crippen molar-refractivity contribution >= 4 is 17.4 Å². The van der Waals surface area contributed by atoms with Crippen molar-refractivity contribution in [3.05, 3.63) is 52.8 Å². The Hall–Kier alpha value is -1.61. The summed E-state index contributed by atoms with van der Waals surface area (Å²) in [5.41, 5.74) is 1.82. The lowest BCUT2D eigenvalue weighted by Gasteiger charge is -2.08. The molecule has 1 heterocycles. The molecule has 0 fully saturated rings. The van der Waals surface area contributed by atoms with E-state index >= 15 is 0 Å². The number of rotatable bonds is 6. The Morgan fingerprint density at radius 2 is 1.95 bits per heavy atom. The van der Waals surface area contributed by atoms with Gasteiger partial charge in [-0.15, -0.1) is 0 Å². The molecule has 0 saturated carbocycles. The van der Waals surface area contributed by atoms with Crippen molar-refractivity contribution < 1.29 is 4.79 Å². The molecular formula is C16H19ClN2O. The van der Waals surface area contributed by atoms with Gasteiger partial charge < -0.3 is 0 Å². The van der Waals surface area contributed by atoms with Crippen molar-refractivity contribution in [2.75, 3.05) is 0 Å². The van der Waals surface area contributed by atoms with Gasteiger partial charge in [0.2, 0.25) is 0 Å². The molecule has 0 aliphatic carbocycles. The van der Waals surface area contributed by atoms with E-state index in [1.807, 2.05) is 41.2 Å². The third kappa shape index (κ3) is 3.94. The number of ketones is 1. The first-order chi connectivity index (χ1) is 9.58. The van der Waals surface area contributed by atoms with Crippen LogP contribution in [0.3, 0.4) is 0 Å². The largest absolute Gasteiger partial charge is 0.299 e. The number of hydrogen-bond acceptors (Lipinski definition) is 2. The summed E-state index contributed by atoms with van der Waals surface area (Å²) in [7, 11) is 0. The molecule has 1 unspecified atom stereocenters. The zero-order valence-corrected chi connectivity index (χ0v) is 12.6. The Morgan fingerprint density at radius 3 is 2.60 bits per heavy atom. The highest BCUT2D eigenvalue weighted by Crippen LogP contribution is 2.12. The second-order valence-corrected chi connectivity index (χ2v) is 5.50. The third-order valence-electron chi connectivity index (χ3n) is 3.40. The zero-order valence-electron chi connectivity index (χ0n) is 11.8. The molecule has 1 aromatic carbocycles. The summed E-state index contributed by atoms with van der Waals surface area (Å²) in [6.07, 6.45) is 3.78. The van der Waals surface area contributed by atoms with Crippen molar-refractivity contribution in [2.24, 2.45) is 0 Å². The van der Waals surface area contributed by atoms with Crippen LogP contribution in [0, 0.1) is 0 Å². The molecule has 1 atom stereocenters. The molecule has 0 bridgehead atoms. The van der Waals surface area contributed by atoms with E-state index in [1.165, 1.54) is 0 Å². The fraction of sp³-hybridized carbons (Fsp3) is 0.375. The van der Waals surface area contributed by atoms with Gasteiger partial charge >= 0.3 is 0 Å². The van der Waals surface area contributed by atoms with Gasteiger partial charge in [-0.25, -0.2) is 0 Å². The number of Topliss-reactive ketones (excluding diaryl/α,β-unsaturated/α-hetero) is 1. The van der Waals surface area contributed by atoms with Crippen molar-refractivity contribution in [2.45, 2.75) is 39.2 Å². The summed E-state index contributed by atoms with van der Waals surface area (Å²) >= 11 is 5.83. The highest BCUT2D eigenvalue weighted by molar-refractivity contribution is 6.30. The van der Waals surface area contributed by atoms with Gasteiger partial charge in [0, 0.05) is 23.7 Å². The van der Waals surface area contributed by atoms with E-state index in [9.17, 15) is 4.79 Å². The first-order valence-corrected chi connectivity index (χ1v) is 7.26. The summed E-state index contributed by atoms with van der Waals surface area (Å²) in [6.45, 7) is 4.24. The number of aromatic nitrogens is 2. The summed E-state index contributed by atoms with van der Waals surface area (Å²) in [5.74, 6) is 0.168. The van der Waals surface area contributed by atoms with E-state index < -0.39 is 0 Å². The normalized spacial score (nSPS) is 12.3. The number of halogens is 1. The van der Waals surface area contributed by atoms with E-state index in [4.69, 9.17) is 11.6 Å². The number of benzene rings is 1. The van der Waals surface area contributed by atoms with Crippen LogP contribution in [0.1, 0.15) is 37.6 Å². The number of carbonyl (C=O) groups excluding carboxylic acids is 1. The molecule has 0 aliphatic rings. The van der Waals surface area contributed by atoms with Crippen LogP contribution in [-0.2, 0) is 17.6 Å². The topological polar surface area (TPSA) is 34.9 Å². The van der Waals surface area contributed by atoms with E-state index in [-0.39, 0.29) is 5.78 Å². The van der Waals surface area contributed by atoms with E-state index in [1.54, 1.807) is 0 Å². The summed E-state index contributed by atoms with van der Waals surface area (Å²) in [4.78, 5) is 12.0. The fourth-order valence-electron chi connectivity index (χ4n) is 2.00. The van der Waals surface area contributed by atoms with Gasteiger partial charge in [-0.3, -0.25) is 9.48 Å². The lowest BCUT2D eigenvalue weighted by atomic mass is 10.1. The van der Waals surface area contributed by atoms with Crippen LogP contribution in [0.4, 0.5) is 0 Å². The maximum Gasteiger partial charge on any atom is 0.143 e. The second-order valence-electron chi connectivity index (χ2n) is 5.06. The first kappa shape index (κ1) is 14.8. The van der Waals surface area contributed by atoms with Gasteiger partial charge in [0.15, 0.2) is 0 Å². The molecule has 20 heavy (non-hydrogen) atoms. The van der Waals surface area contributed by atoms with Crippen LogP contribution in [0.25, 0.3) is 0 Å². The van der Waals surface area contributed by atoms with Crippen LogP contribution in [0.5, 0.6) is 0 Å². The maximum atomic E-state index is 12.0. The molecule has 1 aromatic heterocycles. The fourth-order valence-corrected chi connectivity index (χ4v) is 2.12. The molecule has 0 aliphatic heterocycles. The van der Waals surface area contributed by atoms with Gasteiger partial charge in [0.05, 0.1) is 12.1 Å². The van der Waals surface area contributed by atoms with Crippen molar-refractivity contribution in [1.29, 1.82) is 0 Å². The van der Waals surface area contributed by atoms with Gasteiger partial charge in [0.25, 0.3) is 0 Å². The lowest BCUT2D eigenvalue weighted by molar-refractivity contribution is -0.117. The monoisotopic (exact) mass is 290 g/mol. The van der Waals surface area contributed by atoms with E-state index in [2.05, 4.69) is 18.9 Å². The third-order valence-corrected chi connectivity index (χ3v) is 3.65. The Labute approximate surface area is 124 Å². The minimum atomic E-state index is 0.168. The zero-order chi connectivity index (χ0) is 14.5. The number of nitrogens with zero attached hydrogens (tertiary/aromatic N) is 2. The van der Waals surface area contributed by atoms with Crippen molar-refractivity contribution in [1.82, 2.24) is 9.78 Å². The highest BCUT2D eigenvalue weighted by Gasteiger charge is 2.09. The Morgan fingerprint density at radius 1 is 1.25 bits per heavy atom. The first-order valence-electron chi connectivity index (χ1n) is 6.88. The summed E-state index contributed by atoms with van der Waals surface area (Å²) in [5, 5.41) is 5.14. The minimum Gasteiger partial charge on any atom is -0.299 e. The second kappa shape index (κ2) is 6.71. The van der Waals surface area contributed by atoms with Crippen LogP contribution in [0.2, 0.25) is 5.02 Å². The van der Waals surface area contributed by atoms with E-state index in [0.717, 1.165) is 17.7 Å². The lowest BCUT2D eigenvalue weighted by Crippen LogP contribution is -2.09. The molecule has 2 aromatic rings. The van der Waals surface area contributed by atoms with Crippen LogP contribution < -0.4 is 0 Å². The molecule has 0 amide bonds. The number of carbonyl (C=O) groups is 1. The van der Waals surface area contributed by atoms with E-state index in [0.29, 0.717) is 23.9 Å². The number of hydrogen-bond donors (Lipinski definition) is 0. The molecule has 0 saturated heterocycles. The Kier molecular flexibility index (Phi) is 4.96. The average Bonchev–Trinajstić information content (AvgIpc) is 2.89. The van der Waals surface area contributed by atoms with Crippen molar-refractivity contribution in [3.8, 4) is 0 Å². The quantitative estimate of drug-likeness (QED) is 0.809. The van der Waals surface area contributed by atoms with Crippen molar-refractivity contribution in [3.63, 3.8) is 0 Å². The van der Waals surface area contributed by atoms with Crippen LogP contribution in [0.15, 0.2) is 36.5 Å². The molecule has 2 rings (SSSR count). The van der Waals surface area contributed by atoms with Gasteiger partial charge in [0.1, 0.15) is 5.78 Å². The van der Waals surface area contributed by atoms with Gasteiger partial charge in [-0.1, -0.05) is 30.7 Å². The van der Waals surface area contributed by atoms with Gasteiger partial charge in [-0.05, 0) is 37.1 Å².